The highest BCUT2D eigenvalue weighted by atomic mass is 16.6. The minimum Gasteiger partial charge on any atom is -0.371 e. The van der Waals surface area contributed by atoms with E-state index in [0.717, 1.165) is 12.1 Å². The van der Waals surface area contributed by atoms with Crippen LogP contribution in [0.3, 0.4) is 0 Å². The van der Waals surface area contributed by atoms with E-state index in [2.05, 4.69) is 15.6 Å². The summed E-state index contributed by atoms with van der Waals surface area (Å²) in [7, 11) is 0. The van der Waals surface area contributed by atoms with Crippen LogP contribution in [-0.4, -0.2) is 27.3 Å². The van der Waals surface area contributed by atoms with Crippen LogP contribution < -0.4 is 10.6 Å². The minimum absolute atomic E-state index is 0.0109. The minimum atomic E-state index is -0.758. The maximum Gasteiger partial charge on any atom is 0.299 e. The first-order valence-electron chi connectivity index (χ1n) is 6.35. The van der Waals surface area contributed by atoms with Gasteiger partial charge in [0.05, 0.1) is 22.5 Å². The standard InChI is InChI=1S/C13H11N5O5/c19-13(16-12-3-1-2-6-14-12)8-15-10-5-4-9(17(20)21)7-11(10)18(22)23/h1-7,15H,8H2,(H,14,16,19). The van der Waals surface area contributed by atoms with E-state index in [1.807, 2.05) is 0 Å². The predicted octanol–water partition coefficient (Wildman–Crippen LogP) is 1.95. The molecule has 0 aliphatic heterocycles. The first kappa shape index (κ1) is 15.8. The molecule has 0 aliphatic carbocycles. The van der Waals surface area contributed by atoms with Crippen LogP contribution in [0.25, 0.3) is 0 Å². The molecule has 0 saturated carbocycles. The van der Waals surface area contributed by atoms with Crippen LogP contribution in [-0.2, 0) is 4.79 Å². The molecule has 0 spiro atoms. The Morgan fingerprint density at radius 1 is 1.13 bits per heavy atom. The first-order chi connectivity index (χ1) is 11.0. The normalized spacial score (nSPS) is 9.91. The Balaban J connectivity index is 2.06. The number of benzene rings is 1. The second-order valence-electron chi connectivity index (χ2n) is 4.33. The van der Waals surface area contributed by atoms with Crippen LogP contribution in [0.2, 0.25) is 0 Å². The third-order valence-electron chi connectivity index (χ3n) is 2.76. The van der Waals surface area contributed by atoms with Crippen molar-refractivity contribution in [2.24, 2.45) is 0 Å². The van der Waals surface area contributed by atoms with Gasteiger partial charge in [-0.15, -0.1) is 0 Å². The van der Waals surface area contributed by atoms with Gasteiger partial charge in [0.25, 0.3) is 11.4 Å². The monoisotopic (exact) mass is 317 g/mol. The Kier molecular flexibility index (Phi) is 4.77. The zero-order chi connectivity index (χ0) is 16.8. The predicted molar refractivity (Wildman–Crippen MR) is 81.1 cm³/mol. The molecule has 0 unspecified atom stereocenters. The number of carbonyl (C=O) groups excluding carboxylic acids is 1. The van der Waals surface area contributed by atoms with Gasteiger partial charge in [0.2, 0.25) is 5.91 Å². The second kappa shape index (κ2) is 6.93. The highest BCUT2D eigenvalue weighted by molar-refractivity contribution is 5.93. The topological polar surface area (TPSA) is 140 Å². The third kappa shape index (κ3) is 4.20. The number of carbonyl (C=O) groups is 1. The van der Waals surface area contributed by atoms with Crippen molar-refractivity contribution in [2.45, 2.75) is 0 Å². The molecule has 2 N–H and O–H groups in total. The fraction of sp³-hybridized carbons (Fsp3) is 0.0769. The van der Waals surface area contributed by atoms with Crippen LogP contribution in [0, 0.1) is 20.2 Å². The molecule has 2 aromatic rings. The molecule has 1 heterocycles. The molecule has 10 heteroatoms. The Hall–Kier alpha value is -3.56. The Bertz CT molecular complexity index is 750. The Morgan fingerprint density at radius 2 is 1.91 bits per heavy atom. The van der Waals surface area contributed by atoms with Crippen molar-refractivity contribution >= 4 is 28.8 Å². The van der Waals surface area contributed by atoms with E-state index in [9.17, 15) is 25.0 Å². The highest BCUT2D eigenvalue weighted by Crippen LogP contribution is 2.28. The summed E-state index contributed by atoms with van der Waals surface area (Å²) in [6, 6.07) is 8.10. The van der Waals surface area contributed by atoms with Crippen LogP contribution in [0.4, 0.5) is 22.9 Å². The highest BCUT2D eigenvalue weighted by Gasteiger charge is 2.19. The molecule has 10 nitrogen and oxygen atoms in total. The average Bonchev–Trinajstić information content (AvgIpc) is 2.53. The van der Waals surface area contributed by atoms with E-state index < -0.39 is 27.1 Å². The number of rotatable bonds is 6. The quantitative estimate of drug-likeness (QED) is 0.612. The molecule has 0 fully saturated rings. The average molecular weight is 317 g/mol. The number of nitrogens with zero attached hydrogens (tertiary/aromatic N) is 3. The number of non-ortho nitro benzene ring substituents is 1. The van der Waals surface area contributed by atoms with Gasteiger partial charge in [0.1, 0.15) is 11.5 Å². The smallest absolute Gasteiger partial charge is 0.299 e. The molecule has 0 atom stereocenters. The van der Waals surface area contributed by atoms with Gasteiger partial charge in [-0.25, -0.2) is 4.98 Å². The number of amides is 1. The van der Waals surface area contributed by atoms with Crippen LogP contribution >= 0.6 is 0 Å². The van der Waals surface area contributed by atoms with E-state index in [0.29, 0.717) is 5.82 Å². The van der Waals surface area contributed by atoms with Gasteiger partial charge < -0.3 is 10.6 Å². The van der Waals surface area contributed by atoms with Gasteiger partial charge in [-0.2, -0.15) is 0 Å². The maximum absolute atomic E-state index is 11.8. The number of nitrogens with one attached hydrogen (secondary N) is 2. The van der Waals surface area contributed by atoms with Crippen molar-refractivity contribution in [3.63, 3.8) is 0 Å². The van der Waals surface area contributed by atoms with Crippen LogP contribution in [0.15, 0.2) is 42.6 Å². The lowest BCUT2D eigenvalue weighted by atomic mass is 10.2. The summed E-state index contributed by atoms with van der Waals surface area (Å²) in [5.41, 5.74) is -0.873. The summed E-state index contributed by atoms with van der Waals surface area (Å²) in [5, 5.41) is 26.7. The molecule has 0 radical (unpaired) electrons. The molecule has 1 amide bonds. The SMILES string of the molecule is O=C(CNc1ccc([N+](=O)[O-])cc1[N+](=O)[O-])Nc1ccccn1. The van der Waals surface area contributed by atoms with E-state index in [1.54, 1.807) is 18.2 Å². The van der Waals surface area contributed by atoms with Gasteiger partial charge in [0, 0.05) is 12.3 Å². The molecule has 1 aromatic heterocycles. The third-order valence-corrected chi connectivity index (χ3v) is 2.76. The lowest BCUT2D eigenvalue weighted by molar-refractivity contribution is -0.393. The first-order valence-corrected chi connectivity index (χ1v) is 6.35. The van der Waals surface area contributed by atoms with Crippen molar-refractivity contribution in [3.8, 4) is 0 Å². The van der Waals surface area contributed by atoms with Gasteiger partial charge in [-0.05, 0) is 18.2 Å². The fourth-order valence-electron chi connectivity index (χ4n) is 1.73. The van der Waals surface area contributed by atoms with Crippen LogP contribution in [0.1, 0.15) is 0 Å². The van der Waals surface area contributed by atoms with Crippen LogP contribution in [0.5, 0.6) is 0 Å². The second-order valence-corrected chi connectivity index (χ2v) is 4.33. The molecule has 1 aromatic carbocycles. The van der Waals surface area contributed by atoms with Crippen molar-refractivity contribution in [1.82, 2.24) is 4.98 Å². The molecule has 0 bridgehead atoms. The lowest BCUT2D eigenvalue weighted by Crippen LogP contribution is -2.22. The summed E-state index contributed by atoms with van der Waals surface area (Å²) in [6.45, 7) is -0.255. The molecule has 0 saturated heterocycles. The zero-order valence-corrected chi connectivity index (χ0v) is 11.6. The molecular formula is C13H11N5O5. The van der Waals surface area contributed by atoms with E-state index in [1.165, 1.54) is 12.3 Å². The number of anilines is 2. The number of nitro benzene ring substituents is 2. The van der Waals surface area contributed by atoms with Crippen molar-refractivity contribution < 1.29 is 14.6 Å². The fourth-order valence-corrected chi connectivity index (χ4v) is 1.73. The number of hydrogen-bond donors (Lipinski definition) is 2. The summed E-state index contributed by atoms with van der Waals surface area (Å²) < 4.78 is 0. The summed E-state index contributed by atoms with van der Waals surface area (Å²) in [5.74, 6) is -0.117. The zero-order valence-electron chi connectivity index (χ0n) is 11.6. The molecule has 118 valence electrons. The van der Waals surface area contributed by atoms with Crippen molar-refractivity contribution in [1.29, 1.82) is 0 Å². The number of nitro groups is 2. The summed E-state index contributed by atoms with van der Waals surface area (Å²) in [4.78, 5) is 35.8. The maximum atomic E-state index is 11.8. The molecule has 2 rings (SSSR count). The summed E-state index contributed by atoms with van der Waals surface area (Å²) >= 11 is 0. The number of pyridine rings is 1. The Morgan fingerprint density at radius 3 is 2.52 bits per heavy atom. The molecule has 0 aliphatic rings. The number of aromatic nitrogens is 1. The van der Waals surface area contributed by atoms with Gasteiger partial charge in [0.15, 0.2) is 0 Å². The van der Waals surface area contributed by atoms with E-state index in [4.69, 9.17) is 0 Å². The van der Waals surface area contributed by atoms with Gasteiger partial charge in [-0.1, -0.05) is 6.07 Å². The van der Waals surface area contributed by atoms with Gasteiger partial charge >= 0.3 is 0 Å². The largest absolute Gasteiger partial charge is 0.371 e. The Labute approximate surface area is 129 Å². The molecular weight excluding hydrogens is 306 g/mol. The van der Waals surface area contributed by atoms with E-state index >= 15 is 0 Å². The summed E-state index contributed by atoms with van der Waals surface area (Å²) in [6.07, 6.45) is 1.50. The van der Waals surface area contributed by atoms with E-state index in [-0.39, 0.29) is 12.2 Å². The van der Waals surface area contributed by atoms with Crippen molar-refractivity contribution in [2.75, 3.05) is 17.2 Å². The van der Waals surface area contributed by atoms with Gasteiger partial charge in [-0.3, -0.25) is 25.0 Å². The van der Waals surface area contributed by atoms with Crippen molar-refractivity contribution in [3.05, 3.63) is 62.8 Å². The molecule has 23 heavy (non-hydrogen) atoms. The lowest BCUT2D eigenvalue weighted by Gasteiger charge is -2.07. The number of hydrogen-bond acceptors (Lipinski definition) is 7.